The molecule has 0 saturated carbocycles. The second-order valence-corrected chi connectivity index (χ2v) is 30.7. The lowest BCUT2D eigenvalue weighted by Gasteiger charge is -2.31. The first kappa shape index (κ1) is 73.1. The highest BCUT2D eigenvalue weighted by Crippen LogP contribution is 2.39. The maximum atomic E-state index is 14.1. The first-order chi connectivity index (χ1) is 54.8. The number of hydrogen-bond donors (Lipinski definition) is 18. The zero-order valence-electron chi connectivity index (χ0n) is 62.5. The lowest BCUT2D eigenvalue weighted by Crippen LogP contribution is -2.78. The van der Waals surface area contributed by atoms with E-state index in [0.717, 1.165) is 161 Å². The van der Waals surface area contributed by atoms with Gasteiger partial charge in [-0.05, 0) is 112 Å². The Morgan fingerprint density at radius 2 is 0.607 bits per heavy atom. The molecule has 112 heavy (non-hydrogen) atoms. The van der Waals surface area contributed by atoms with Crippen molar-refractivity contribution in [2.75, 3.05) is 105 Å². The molecule has 4 aromatic carbocycles. The zero-order valence-corrected chi connectivity index (χ0v) is 62.5. The van der Waals surface area contributed by atoms with E-state index in [2.05, 4.69) is 81.5 Å². The molecular formula is C84H98N20O8+4. The SMILES string of the molecule is O=C(NC[C@@H]1CC[N+]2=C(N[C@H](CO)CC2)N1)c1ccc(-c2c3nc(c(-c4ccc(C(=O)NC[C@@H]5CC[N+]6=C(N[C@H](CO)CC6)N5)cc4)c4ccc([n-]4)c(-c4ccc(C(O)=[NH+]C[C@@H]5CC[N+]6=C(N[C@H](CO)CC6)N5)cc4)c4ccc([n-]4)c(-c4ccc(C(O)=[NH+]C[C@@H]5CC[N+]6=C(N[C@H](CO)CC6)N5)cc4)c4nc2C=C4)C=C3)cc1. The van der Waals surface area contributed by atoms with E-state index in [0.29, 0.717) is 104 Å². The topological polar surface area (TPSA) is 370 Å². The van der Waals surface area contributed by atoms with Crippen LogP contribution in [0.5, 0.6) is 0 Å². The van der Waals surface area contributed by atoms with Gasteiger partial charge in [-0.25, -0.2) is 20.0 Å². The van der Waals surface area contributed by atoms with Crippen molar-refractivity contribution >= 4 is 93.8 Å². The van der Waals surface area contributed by atoms with Crippen molar-refractivity contribution in [1.82, 2.24) is 73.1 Å². The summed E-state index contributed by atoms with van der Waals surface area (Å²) in [5, 5.41) is 97.3. The largest absolute Gasteiger partial charge is 0.657 e. The van der Waals surface area contributed by atoms with Crippen LogP contribution in [0.4, 0.5) is 0 Å². The Labute approximate surface area is 647 Å². The van der Waals surface area contributed by atoms with Gasteiger partial charge in [0.1, 0.15) is 36.3 Å². The second kappa shape index (κ2) is 32.3. The molecule has 8 bridgehead atoms. The van der Waals surface area contributed by atoms with Gasteiger partial charge in [-0.3, -0.25) is 70.4 Å². The number of rotatable bonds is 20. The molecule has 3 aromatic heterocycles. The second-order valence-electron chi connectivity index (χ2n) is 30.7. The molecule has 13 heterocycles. The van der Waals surface area contributed by atoms with Crippen LogP contribution in [0.2, 0.25) is 0 Å². The molecule has 0 aliphatic carbocycles. The Morgan fingerprint density at radius 1 is 0.348 bits per heavy atom. The van der Waals surface area contributed by atoms with Crippen LogP contribution in [0.25, 0.3) is 90.9 Å². The molecular weight excluding hydrogens is 1420 g/mol. The van der Waals surface area contributed by atoms with Crippen molar-refractivity contribution in [2.24, 2.45) is 0 Å². The maximum absolute atomic E-state index is 14.1. The van der Waals surface area contributed by atoms with Crippen molar-refractivity contribution in [2.45, 2.75) is 99.7 Å². The number of aliphatic hydroxyl groups excluding tert-OH is 6. The summed E-state index contributed by atoms with van der Waals surface area (Å²) >= 11 is 0. The van der Waals surface area contributed by atoms with Crippen LogP contribution in [0.15, 0.2) is 121 Å². The van der Waals surface area contributed by atoms with E-state index in [4.69, 9.17) is 19.9 Å². The molecule has 0 saturated heterocycles. The van der Waals surface area contributed by atoms with Crippen LogP contribution >= 0.6 is 0 Å². The Bertz CT molecular complexity index is 5220. The number of aromatic nitrogens is 4. The number of hydrogen-bond acceptors (Lipinski definition) is 16. The molecule has 0 fully saturated rings. The summed E-state index contributed by atoms with van der Waals surface area (Å²) in [6.07, 6.45) is 14.8. The van der Waals surface area contributed by atoms with Gasteiger partial charge in [0.25, 0.3) is 11.8 Å². The van der Waals surface area contributed by atoms with Gasteiger partial charge < -0.3 is 51.2 Å². The number of nitrogens with zero attached hydrogens (tertiary/aromatic N) is 8. The smallest absolute Gasteiger partial charge is 0.365 e. The fourth-order valence-electron chi connectivity index (χ4n) is 16.7. The Morgan fingerprint density at radius 3 is 0.938 bits per heavy atom. The van der Waals surface area contributed by atoms with E-state index in [1.807, 2.05) is 146 Å². The van der Waals surface area contributed by atoms with E-state index in [9.17, 15) is 40.2 Å². The minimum Gasteiger partial charge on any atom is -0.657 e. The van der Waals surface area contributed by atoms with E-state index in [-0.39, 0.29) is 98.4 Å². The lowest BCUT2D eigenvalue weighted by atomic mass is 10.0. The van der Waals surface area contributed by atoms with Gasteiger partial charge in [0, 0.05) is 68.1 Å². The molecule has 578 valence electrons. The molecule has 0 spiro atoms. The van der Waals surface area contributed by atoms with Gasteiger partial charge in [-0.15, -0.1) is 22.1 Å². The molecule has 0 radical (unpaired) electrons. The summed E-state index contributed by atoms with van der Waals surface area (Å²) < 4.78 is 9.03. The quantitative estimate of drug-likeness (QED) is 0.0251. The number of carbonyl (C=O) groups is 2. The number of benzene rings is 4. The third-order valence-corrected chi connectivity index (χ3v) is 23.3. The Kier molecular flexibility index (Phi) is 21.1. The van der Waals surface area contributed by atoms with Gasteiger partial charge in [0.15, 0.2) is 13.1 Å². The van der Waals surface area contributed by atoms with E-state index in [1.54, 1.807) is 0 Å². The summed E-state index contributed by atoms with van der Waals surface area (Å²) in [6, 6.07) is 38.4. The average molecular weight is 1520 g/mol. The maximum Gasteiger partial charge on any atom is 0.365 e. The summed E-state index contributed by atoms with van der Waals surface area (Å²) in [7, 11) is 0. The molecule has 28 heteroatoms. The van der Waals surface area contributed by atoms with Crippen molar-refractivity contribution in [1.29, 1.82) is 0 Å². The molecule has 10 aliphatic heterocycles. The molecule has 2 amide bonds. The van der Waals surface area contributed by atoms with Gasteiger partial charge in [0.05, 0.1) is 138 Å². The van der Waals surface area contributed by atoms with Crippen molar-refractivity contribution in [3.63, 3.8) is 0 Å². The summed E-state index contributed by atoms with van der Waals surface area (Å²) in [5.41, 5.74) is 13.0. The van der Waals surface area contributed by atoms with E-state index < -0.39 is 0 Å². The van der Waals surface area contributed by atoms with Crippen LogP contribution in [-0.2, 0) is 0 Å². The van der Waals surface area contributed by atoms with Crippen LogP contribution in [0.3, 0.4) is 0 Å². The van der Waals surface area contributed by atoms with E-state index in [1.165, 1.54) is 0 Å². The van der Waals surface area contributed by atoms with Crippen LogP contribution in [-0.4, -0.2) is 260 Å². The number of aliphatic hydroxyl groups is 6. The highest BCUT2D eigenvalue weighted by atomic mass is 16.3. The normalized spacial score (nSPS) is 22.8. The number of guanidine groups is 4. The first-order valence-electron chi connectivity index (χ1n) is 39.5. The number of nitrogens with one attached hydrogen (secondary N) is 12. The minimum absolute atomic E-state index is 0.00846. The predicted molar refractivity (Wildman–Crippen MR) is 429 cm³/mol. The van der Waals surface area contributed by atoms with Crippen LogP contribution in [0, 0.1) is 0 Å². The molecule has 10 aliphatic rings. The molecule has 18 N–H and O–H groups in total. The highest BCUT2D eigenvalue weighted by molar-refractivity contribution is 6.02. The van der Waals surface area contributed by atoms with Crippen molar-refractivity contribution in [3.8, 4) is 44.5 Å². The fraction of sp³-hybridized carbons (Fsp3) is 0.381. The van der Waals surface area contributed by atoms with Crippen molar-refractivity contribution < 1.29 is 68.5 Å². The van der Waals surface area contributed by atoms with E-state index >= 15 is 0 Å². The van der Waals surface area contributed by atoms with Crippen LogP contribution in [0.1, 0.15) is 106 Å². The zero-order chi connectivity index (χ0) is 76.3. The monoisotopic (exact) mass is 1510 g/mol. The van der Waals surface area contributed by atoms with Gasteiger partial charge in [0.2, 0.25) is 0 Å². The molecule has 0 unspecified atom stereocenters. The lowest BCUT2D eigenvalue weighted by molar-refractivity contribution is -0.547. The third-order valence-electron chi connectivity index (χ3n) is 23.3. The number of fused-ring (bicyclic) bond motifs is 8. The fourth-order valence-corrected chi connectivity index (χ4v) is 16.7. The minimum atomic E-state index is -0.218. The third kappa shape index (κ3) is 15.6. The summed E-state index contributed by atoms with van der Waals surface area (Å²) in [6.45, 7) is 8.75. The van der Waals surface area contributed by atoms with Gasteiger partial charge in [-0.1, -0.05) is 72.8 Å². The van der Waals surface area contributed by atoms with Gasteiger partial charge >= 0.3 is 35.6 Å². The number of amides is 2. The summed E-state index contributed by atoms with van der Waals surface area (Å²) in [4.78, 5) is 56.9. The Hall–Kier alpha value is -11.7. The van der Waals surface area contributed by atoms with Crippen LogP contribution < -0.4 is 73.1 Å². The standard InChI is InChI=1S/C84H94N20O8/c105-45-61-29-37-101-33-25-57(89-81(101)93-61)41-85-77(109)53-9-1-49(2-10-53)73-65-17-19-67(97-65)74(50-3-11-54(12-4-50)78(110)86-42-58-26-34-102-38-30-62(46-106)94-82(102)90-58)69-21-23-71(99-69)76(52-7-15-56(16-8-52)80(112)88-44-60-28-36-104-40-32-64(48-108)96-84(104)92-60)72-24-22-70(100-72)75(68-20-18-66(73)98-68)51-5-13-55(14-6-51)79(111)87-43-59-27-35-103-39-31-63(47-107)95-83(103)91-59/h1-24,57-64,105-108H,25-48H2,(H10,85,86,87,88,89,90,91,92,93,94,95,96,97,98,99,100,109,110,111,112)/p+4/t57-,58-,59-,60-,61-,62-,63-,64-/m0/s1. The molecule has 7 aromatic rings. The van der Waals surface area contributed by atoms with Crippen molar-refractivity contribution in [3.05, 3.63) is 166 Å². The predicted octanol–water partition coefficient (Wildman–Crippen LogP) is -0.850. The Balaban J connectivity index is 0.752. The summed E-state index contributed by atoms with van der Waals surface area (Å²) in [5.74, 6) is 3.21. The molecule has 17 rings (SSSR count). The van der Waals surface area contributed by atoms with Gasteiger partial charge in [-0.2, -0.15) is 0 Å². The highest BCUT2D eigenvalue weighted by Gasteiger charge is 2.37. The molecule has 8 atom stereocenters. The number of carbonyl (C=O) groups excluding carboxylic acids is 2. The molecule has 28 nitrogen and oxygen atoms in total. The average Bonchev–Trinajstić information content (AvgIpc) is 1.63. The first-order valence-corrected chi connectivity index (χ1v) is 39.5.